The van der Waals surface area contributed by atoms with Crippen molar-refractivity contribution >= 4 is 29.7 Å². The first-order valence-electron chi connectivity index (χ1n) is 9.81. The minimum Gasteiger partial charge on any atom is -0.508 e. The fourth-order valence-electron chi connectivity index (χ4n) is 2.94. The van der Waals surface area contributed by atoms with Crippen LogP contribution in [0.5, 0.6) is 11.5 Å². The summed E-state index contributed by atoms with van der Waals surface area (Å²) < 4.78 is 4.62. The summed E-state index contributed by atoms with van der Waals surface area (Å²) >= 11 is 0. The smallest absolute Gasteiger partial charge is 0.305 e. The monoisotopic (exact) mass is 422 g/mol. The molecule has 0 bridgehead atoms. The third-order valence-corrected chi connectivity index (χ3v) is 4.87. The molecule has 0 unspecified atom stereocenters. The van der Waals surface area contributed by atoms with E-state index in [1.165, 1.54) is 31.4 Å². The molecule has 0 aliphatic heterocycles. The van der Waals surface area contributed by atoms with Crippen LogP contribution in [0.1, 0.15) is 35.1 Å². The van der Waals surface area contributed by atoms with Gasteiger partial charge in [-0.05, 0) is 78.9 Å². The minimum absolute atomic E-state index is 0.0300. The van der Waals surface area contributed by atoms with Crippen LogP contribution in [0.15, 0.2) is 48.6 Å². The zero-order chi connectivity index (χ0) is 23.0. The van der Waals surface area contributed by atoms with Crippen LogP contribution in [0.2, 0.25) is 0 Å². The lowest BCUT2D eigenvalue weighted by Gasteiger charge is -2.10. The number of aryl methyl sites for hydroxylation is 2. The maximum Gasteiger partial charge on any atom is 0.305 e. The van der Waals surface area contributed by atoms with Crippen LogP contribution in [0.4, 0.5) is 0 Å². The van der Waals surface area contributed by atoms with Crippen molar-refractivity contribution < 1.29 is 29.3 Å². The van der Waals surface area contributed by atoms with Crippen LogP contribution >= 0.6 is 0 Å². The lowest BCUT2D eigenvalue weighted by Crippen LogP contribution is -2.22. The predicted molar refractivity (Wildman–Crippen MR) is 119 cm³/mol. The number of phenolic OH excluding ortho intramolecular Hbond substituents is 2. The number of allylic oxidation sites excluding steroid dienone is 2. The highest BCUT2D eigenvalue weighted by Crippen LogP contribution is 2.20. The molecular weight excluding hydrogens is 396 g/mol. The van der Waals surface area contributed by atoms with E-state index >= 15 is 0 Å². The SMILES string of the molecule is COC(=O)CCC(C(=O)/C=C/c1ccc(O)c(C)c1)C(=O)/C=C/c1ccc(O)c(C)c1. The van der Waals surface area contributed by atoms with Gasteiger partial charge in [-0.2, -0.15) is 0 Å². The van der Waals surface area contributed by atoms with Crippen LogP contribution in [-0.2, 0) is 19.1 Å². The maximum absolute atomic E-state index is 12.7. The Hall–Kier alpha value is -3.67. The summed E-state index contributed by atoms with van der Waals surface area (Å²) in [6.45, 7) is 3.49. The number of hydrogen-bond acceptors (Lipinski definition) is 6. The molecule has 162 valence electrons. The Morgan fingerprint density at radius 3 is 1.71 bits per heavy atom. The molecule has 2 aromatic rings. The third kappa shape index (κ3) is 6.96. The molecule has 2 N–H and O–H groups in total. The van der Waals surface area contributed by atoms with E-state index in [4.69, 9.17) is 0 Å². The number of ketones is 2. The molecule has 0 aliphatic rings. The van der Waals surface area contributed by atoms with Crippen LogP contribution in [0.25, 0.3) is 12.2 Å². The van der Waals surface area contributed by atoms with E-state index in [9.17, 15) is 24.6 Å². The van der Waals surface area contributed by atoms with Gasteiger partial charge < -0.3 is 14.9 Å². The Morgan fingerprint density at radius 1 is 0.871 bits per heavy atom. The van der Waals surface area contributed by atoms with Crippen molar-refractivity contribution in [1.82, 2.24) is 0 Å². The fourth-order valence-corrected chi connectivity index (χ4v) is 2.94. The van der Waals surface area contributed by atoms with Crippen molar-refractivity contribution in [3.05, 3.63) is 70.8 Å². The topological polar surface area (TPSA) is 101 Å². The van der Waals surface area contributed by atoms with Crippen molar-refractivity contribution in [2.24, 2.45) is 5.92 Å². The summed E-state index contributed by atoms with van der Waals surface area (Å²) in [5.41, 5.74) is 2.75. The molecule has 2 rings (SSSR count). The largest absolute Gasteiger partial charge is 0.508 e. The van der Waals surface area contributed by atoms with Gasteiger partial charge in [0, 0.05) is 6.42 Å². The van der Waals surface area contributed by atoms with Gasteiger partial charge in [0.25, 0.3) is 0 Å². The lowest BCUT2D eigenvalue weighted by molar-refractivity contribution is -0.141. The van der Waals surface area contributed by atoms with Gasteiger partial charge in [-0.15, -0.1) is 0 Å². The molecule has 6 heteroatoms. The van der Waals surface area contributed by atoms with Gasteiger partial charge >= 0.3 is 5.97 Å². The Labute approximate surface area is 181 Å². The number of benzene rings is 2. The van der Waals surface area contributed by atoms with Crippen molar-refractivity contribution in [2.75, 3.05) is 7.11 Å². The van der Waals surface area contributed by atoms with Gasteiger partial charge in [-0.1, -0.05) is 24.3 Å². The van der Waals surface area contributed by atoms with Crippen molar-refractivity contribution in [2.45, 2.75) is 26.7 Å². The fraction of sp³-hybridized carbons (Fsp3) is 0.240. The number of ether oxygens (including phenoxy) is 1. The number of carbonyl (C=O) groups excluding carboxylic acids is 3. The molecule has 0 atom stereocenters. The molecule has 0 spiro atoms. The third-order valence-electron chi connectivity index (χ3n) is 4.87. The molecule has 0 aliphatic carbocycles. The predicted octanol–water partition coefficient (Wildman–Crippen LogP) is 4.15. The molecular formula is C25H26O6. The molecule has 2 aromatic carbocycles. The highest BCUT2D eigenvalue weighted by Gasteiger charge is 2.24. The standard InChI is InChI=1S/C25H26O6/c1-16-14-18(4-9-21(16)26)6-11-23(28)20(8-13-25(30)31-3)24(29)12-7-19-5-10-22(27)17(2)15-19/h4-7,9-12,14-15,20,26-27H,8,13H2,1-3H3/b11-6+,12-7+. The average molecular weight is 422 g/mol. The first kappa shape index (κ1) is 23.6. The summed E-state index contributed by atoms with van der Waals surface area (Å²) in [7, 11) is 1.25. The summed E-state index contributed by atoms with van der Waals surface area (Å²) in [6.07, 6.45) is 5.73. The highest BCUT2D eigenvalue weighted by molar-refractivity contribution is 6.13. The van der Waals surface area contributed by atoms with E-state index in [0.717, 1.165) is 0 Å². The minimum atomic E-state index is -1.02. The van der Waals surface area contributed by atoms with E-state index in [1.807, 2.05) is 0 Å². The van der Waals surface area contributed by atoms with Gasteiger partial charge in [0.15, 0.2) is 11.6 Å². The second-order valence-electron chi connectivity index (χ2n) is 7.23. The number of methoxy groups -OCH3 is 1. The summed E-state index contributed by atoms with van der Waals surface area (Å²) in [6, 6.07) is 9.81. The van der Waals surface area contributed by atoms with Gasteiger partial charge in [0.05, 0.1) is 13.0 Å². The first-order chi connectivity index (χ1) is 14.7. The molecule has 0 saturated heterocycles. The van der Waals surface area contributed by atoms with Gasteiger partial charge in [0.2, 0.25) is 0 Å². The zero-order valence-electron chi connectivity index (χ0n) is 17.8. The second kappa shape index (κ2) is 10.9. The van der Waals surface area contributed by atoms with Gasteiger partial charge in [-0.25, -0.2) is 0 Å². The van der Waals surface area contributed by atoms with E-state index in [-0.39, 0.29) is 24.3 Å². The van der Waals surface area contributed by atoms with E-state index in [2.05, 4.69) is 4.74 Å². The van der Waals surface area contributed by atoms with Gasteiger partial charge in [-0.3, -0.25) is 14.4 Å². The maximum atomic E-state index is 12.7. The van der Waals surface area contributed by atoms with E-state index < -0.39 is 23.5 Å². The molecule has 0 aromatic heterocycles. The highest BCUT2D eigenvalue weighted by atomic mass is 16.5. The van der Waals surface area contributed by atoms with Gasteiger partial charge in [0.1, 0.15) is 11.5 Å². The molecule has 6 nitrogen and oxygen atoms in total. The molecule has 0 heterocycles. The molecule has 0 fully saturated rings. The average Bonchev–Trinajstić information content (AvgIpc) is 2.75. The number of hydrogen-bond donors (Lipinski definition) is 2. The van der Waals surface area contributed by atoms with Crippen molar-refractivity contribution in [3.8, 4) is 11.5 Å². The Kier molecular flexibility index (Phi) is 8.32. The van der Waals surface area contributed by atoms with Crippen molar-refractivity contribution in [1.29, 1.82) is 0 Å². The Bertz CT molecular complexity index is 959. The summed E-state index contributed by atoms with van der Waals surface area (Å²) in [5, 5.41) is 19.2. The number of esters is 1. The summed E-state index contributed by atoms with van der Waals surface area (Å²) in [5.74, 6) is -2.06. The normalized spacial score (nSPS) is 11.4. The molecule has 0 radical (unpaired) electrons. The van der Waals surface area contributed by atoms with E-state index in [1.54, 1.807) is 50.3 Å². The van der Waals surface area contributed by atoms with E-state index in [0.29, 0.717) is 22.3 Å². The summed E-state index contributed by atoms with van der Waals surface area (Å²) in [4.78, 5) is 37.0. The zero-order valence-corrected chi connectivity index (χ0v) is 17.8. The number of rotatable bonds is 9. The van der Waals surface area contributed by atoms with Crippen LogP contribution in [-0.4, -0.2) is 34.9 Å². The van der Waals surface area contributed by atoms with Crippen LogP contribution < -0.4 is 0 Å². The Morgan fingerprint density at radius 2 is 1.32 bits per heavy atom. The Balaban J connectivity index is 2.20. The van der Waals surface area contributed by atoms with Crippen molar-refractivity contribution in [3.63, 3.8) is 0 Å². The van der Waals surface area contributed by atoms with Crippen LogP contribution in [0.3, 0.4) is 0 Å². The van der Waals surface area contributed by atoms with Crippen LogP contribution in [0, 0.1) is 19.8 Å². The molecule has 31 heavy (non-hydrogen) atoms. The molecule has 0 amide bonds. The number of carbonyl (C=O) groups is 3. The first-order valence-corrected chi connectivity index (χ1v) is 9.81. The lowest BCUT2D eigenvalue weighted by atomic mass is 9.92. The number of aromatic hydroxyl groups is 2. The molecule has 0 saturated carbocycles. The second-order valence-corrected chi connectivity index (χ2v) is 7.23. The quantitative estimate of drug-likeness (QED) is 0.358. The number of phenols is 2.